The molecule has 0 atom stereocenters. The minimum atomic E-state index is -0.191. The number of carbonyl (C=O) groups excluding carboxylic acids is 1. The number of guanidine groups is 1. The maximum Gasteiger partial charge on any atom is 0.246 e. The minimum Gasteiger partial charge on any atom is -0.508 e. The summed E-state index contributed by atoms with van der Waals surface area (Å²) in [5, 5.41) is 15.3. The smallest absolute Gasteiger partial charge is 0.246 e. The number of carbonyl (C=O) groups is 1. The fourth-order valence-corrected chi connectivity index (χ4v) is 2.88. The molecule has 1 aliphatic rings. The van der Waals surface area contributed by atoms with Crippen LogP contribution in [0.15, 0.2) is 29.3 Å². The molecule has 0 saturated carbocycles. The number of hydrogen-bond donors (Lipinski definition) is 3. The molecule has 3 N–H and O–H groups in total. The molecule has 0 aliphatic carbocycles. The van der Waals surface area contributed by atoms with Gasteiger partial charge in [0, 0.05) is 39.0 Å². The Labute approximate surface area is 178 Å². The number of aliphatic imine (C=N–C) groups is 1. The van der Waals surface area contributed by atoms with Crippen molar-refractivity contribution in [1.82, 2.24) is 10.2 Å². The number of benzene rings is 1. The molecule has 152 valence electrons. The predicted octanol–water partition coefficient (Wildman–Crippen LogP) is 2.66. The highest BCUT2D eigenvalue weighted by Gasteiger charge is 2.15. The van der Waals surface area contributed by atoms with Crippen LogP contribution in [-0.4, -0.2) is 61.8 Å². The number of nitrogens with one attached hydrogen (secondary N) is 2. The third kappa shape index (κ3) is 8.79. The first-order valence-electron chi connectivity index (χ1n) is 9.24. The largest absolute Gasteiger partial charge is 0.508 e. The van der Waals surface area contributed by atoms with E-state index in [-0.39, 0.29) is 42.2 Å². The van der Waals surface area contributed by atoms with Crippen LogP contribution in [-0.2, 0) is 9.53 Å². The molecule has 0 unspecified atom stereocenters. The topological polar surface area (TPSA) is 86.2 Å². The van der Waals surface area contributed by atoms with E-state index in [4.69, 9.17) is 4.74 Å². The molecule has 0 bridgehead atoms. The zero-order valence-corrected chi connectivity index (χ0v) is 18.4. The van der Waals surface area contributed by atoms with Gasteiger partial charge in [-0.05, 0) is 56.4 Å². The summed E-state index contributed by atoms with van der Waals surface area (Å²) in [5.74, 6) is 1.41. The molecule has 1 aliphatic heterocycles. The second-order valence-electron chi connectivity index (χ2n) is 6.53. The molecule has 1 aromatic rings. The molecule has 7 nitrogen and oxygen atoms in total. The van der Waals surface area contributed by atoms with Gasteiger partial charge in [-0.1, -0.05) is 0 Å². The van der Waals surface area contributed by atoms with E-state index in [1.165, 1.54) is 12.1 Å². The Morgan fingerprint density at radius 1 is 1.30 bits per heavy atom. The van der Waals surface area contributed by atoms with Crippen LogP contribution in [0.2, 0.25) is 0 Å². The van der Waals surface area contributed by atoms with Crippen LogP contribution in [0.5, 0.6) is 5.75 Å². The average molecular weight is 490 g/mol. The van der Waals surface area contributed by atoms with E-state index in [0.717, 1.165) is 51.5 Å². The SMILES string of the molecule is CCNC(=NCC(=O)Nc1ccc(O)cc1)N(C)CCC1CCOCC1.I. The van der Waals surface area contributed by atoms with Crippen molar-refractivity contribution in [3.63, 3.8) is 0 Å². The van der Waals surface area contributed by atoms with Crippen LogP contribution in [0.3, 0.4) is 0 Å². The van der Waals surface area contributed by atoms with E-state index < -0.39 is 0 Å². The Morgan fingerprint density at radius 2 is 1.96 bits per heavy atom. The van der Waals surface area contributed by atoms with Crippen LogP contribution >= 0.6 is 24.0 Å². The second-order valence-corrected chi connectivity index (χ2v) is 6.53. The fourth-order valence-electron chi connectivity index (χ4n) is 2.88. The molecule has 1 saturated heterocycles. The summed E-state index contributed by atoms with van der Waals surface area (Å²) in [6.07, 6.45) is 3.34. The van der Waals surface area contributed by atoms with Gasteiger partial charge in [-0.25, -0.2) is 4.99 Å². The first-order valence-corrected chi connectivity index (χ1v) is 9.24. The van der Waals surface area contributed by atoms with E-state index in [1.807, 2.05) is 14.0 Å². The van der Waals surface area contributed by atoms with Gasteiger partial charge in [0.1, 0.15) is 12.3 Å². The van der Waals surface area contributed by atoms with Crippen LogP contribution in [0.4, 0.5) is 5.69 Å². The van der Waals surface area contributed by atoms with Crippen LogP contribution < -0.4 is 10.6 Å². The van der Waals surface area contributed by atoms with Crippen molar-refractivity contribution in [2.45, 2.75) is 26.2 Å². The number of rotatable bonds is 7. The first-order chi connectivity index (χ1) is 12.6. The summed E-state index contributed by atoms with van der Waals surface area (Å²) >= 11 is 0. The number of anilines is 1. The fraction of sp³-hybridized carbons (Fsp3) is 0.579. The van der Waals surface area contributed by atoms with E-state index in [2.05, 4.69) is 20.5 Å². The Bertz CT molecular complexity index is 589. The quantitative estimate of drug-likeness (QED) is 0.237. The van der Waals surface area contributed by atoms with E-state index in [0.29, 0.717) is 11.6 Å². The number of phenolic OH excluding ortho intramolecular Hbond substituents is 1. The molecule has 1 heterocycles. The number of ether oxygens (including phenoxy) is 1. The monoisotopic (exact) mass is 490 g/mol. The molecule has 27 heavy (non-hydrogen) atoms. The van der Waals surface area contributed by atoms with Gasteiger partial charge < -0.3 is 25.4 Å². The number of halogens is 1. The van der Waals surface area contributed by atoms with Gasteiger partial charge in [0.25, 0.3) is 0 Å². The zero-order valence-electron chi connectivity index (χ0n) is 16.1. The normalized spacial score (nSPS) is 15.0. The Kier molecular flexibility index (Phi) is 11.1. The van der Waals surface area contributed by atoms with Gasteiger partial charge in [-0.3, -0.25) is 4.79 Å². The first kappa shape index (κ1) is 23.5. The summed E-state index contributed by atoms with van der Waals surface area (Å²) in [6, 6.07) is 6.38. The van der Waals surface area contributed by atoms with Crippen LogP contribution in [0.25, 0.3) is 0 Å². The third-order valence-electron chi connectivity index (χ3n) is 4.43. The highest BCUT2D eigenvalue weighted by atomic mass is 127. The predicted molar refractivity (Wildman–Crippen MR) is 119 cm³/mol. The number of aromatic hydroxyl groups is 1. The zero-order chi connectivity index (χ0) is 18.8. The minimum absolute atomic E-state index is 0. The van der Waals surface area contributed by atoms with Crippen molar-refractivity contribution in [2.24, 2.45) is 10.9 Å². The van der Waals surface area contributed by atoms with Gasteiger partial charge >= 0.3 is 0 Å². The summed E-state index contributed by atoms with van der Waals surface area (Å²) < 4.78 is 5.40. The Balaban J connectivity index is 0.00000364. The van der Waals surface area contributed by atoms with Gasteiger partial charge in [0.05, 0.1) is 0 Å². The lowest BCUT2D eigenvalue weighted by Gasteiger charge is -2.26. The van der Waals surface area contributed by atoms with Gasteiger partial charge in [-0.15, -0.1) is 24.0 Å². The van der Waals surface area contributed by atoms with E-state index in [9.17, 15) is 9.90 Å². The Hall–Kier alpha value is -1.55. The molecule has 1 fully saturated rings. The van der Waals surface area contributed by atoms with Gasteiger partial charge in [-0.2, -0.15) is 0 Å². The maximum absolute atomic E-state index is 12.1. The summed E-state index contributed by atoms with van der Waals surface area (Å²) in [6.45, 7) is 5.43. The summed E-state index contributed by atoms with van der Waals surface area (Å²) in [5.41, 5.74) is 0.640. The number of hydrogen-bond acceptors (Lipinski definition) is 4. The highest BCUT2D eigenvalue weighted by Crippen LogP contribution is 2.18. The van der Waals surface area contributed by atoms with Crippen LogP contribution in [0, 0.1) is 5.92 Å². The van der Waals surface area contributed by atoms with Crippen molar-refractivity contribution in [2.75, 3.05) is 45.2 Å². The van der Waals surface area contributed by atoms with Gasteiger partial charge in [0.15, 0.2) is 5.96 Å². The molecule has 8 heteroatoms. The molecule has 2 rings (SSSR count). The lowest BCUT2D eigenvalue weighted by molar-refractivity contribution is -0.114. The standard InChI is InChI=1S/C19H30N4O3.HI/c1-3-20-19(23(2)11-8-15-9-12-26-13-10-15)21-14-18(25)22-16-4-6-17(24)7-5-16;/h4-7,15,24H,3,8-14H2,1-2H3,(H,20,21)(H,22,25);1H. The van der Waals surface area contributed by atoms with Crippen molar-refractivity contribution in [3.05, 3.63) is 24.3 Å². The van der Waals surface area contributed by atoms with Crippen molar-refractivity contribution >= 4 is 41.5 Å². The van der Waals surface area contributed by atoms with Crippen LogP contribution in [0.1, 0.15) is 26.2 Å². The molecular weight excluding hydrogens is 459 g/mol. The summed E-state index contributed by atoms with van der Waals surface area (Å²) in [4.78, 5) is 18.6. The highest BCUT2D eigenvalue weighted by molar-refractivity contribution is 14.0. The number of nitrogens with zero attached hydrogens (tertiary/aromatic N) is 2. The van der Waals surface area contributed by atoms with Crippen molar-refractivity contribution in [3.8, 4) is 5.75 Å². The summed E-state index contributed by atoms with van der Waals surface area (Å²) in [7, 11) is 2.00. The van der Waals surface area contributed by atoms with E-state index >= 15 is 0 Å². The lowest BCUT2D eigenvalue weighted by atomic mass is 9.96. The van der Waals surface area contributed by atoms with Crippen molar-refractivity contribution in [1.29, 1.82) is 0 Å². The second kappa shape index (κ2) is 12.8. The molecule has 0 spiro atoms. The number of amides is 1. The maximum atomic E-state index is 12.1. The van der Waals surface area contributed by atoms with Gasteiger partial charge in [0.2, 0.25) is 5.91 Å². The Morgan fingerprint density at radius 3 is 2.59 bits per heavy atom. The molecular formula is C19H31IN4O3. The molecule has 0 radical (unpaired) electrons. The van der Waals surface area contributed by atoms with E-state index in [1.54, 1.807) is 12.1 Å². The third-order valence-corrected chi connectivity index (χ3v) is 4.43. The number of phenols is 1. The lowest BCUT2D eigenvalue weighted by Crippen LogP contribution is -2.40. The molecule has 0 aromatic heterocycles. The average Bonchev–Trinajstić information content (AvgIpc) is 2.66. The van der Waals surface area contributed by atoms with Crippen molar-refractivity contribution < 1.29 is 14.6 Å². The molecule has 1 aromatic carbocycles. The molecule has 1 amide bonds.